The SMILES string of the molecule is O=C(S)CCCCCCC(=O)Nc1nc2cc(C(=O)N3CCOCC3)ccc2s1. The van der Waals surface area contributed by atoms with Gasteiger partial charge in [0.2, 0.25) is 5.91 Å². The molecule has 0 unspecified atom stereocenters. The van der Waals surface area contributed by atoms with Crippen LogP contribution in [0.2, 0.25) is 0 Å². The fourth-order valence-electron chi connectivity index (χ4n) is 3.16. The summed E-state index contributed by atoms with van der Waals surface area (Å²) in [6.45, 7) is 2.32. The highest BCUT2D eigenvalue weighted by Gasteiger charge is 2.19. The van der Waals surface area contributed by atoms with E-state index in [0.29, 0.717) is 55.4 Å². The molecule has 0 radical (unpaired) electrons. The van der Waals surface area contributed by atoms with Gasteiger partial charge < -0.3 is 15.0 Å². The molecule has 1 aliphatic rings. The third-order valence-corrected chi connectivity index (χ3v) is 5.90. The van der Waals surface area contributed by atoms with Crippen LogP contribution in [0.1, 0.15) is 48.9 Å². The number of thiol groups is 1. The van der Waals surface area contributed by atoms with Gasteiger partial charge in [-0.1, -0.05) is 24.2 Å². The Morgan fingerprint density at radius 1 is 1.10 bits per heavy atom. The largest absolute Gasteiger partial charge is 0.378 e. The smallest absolute Gasteiger partial charge is 0.254 e. The Hall–Kier alpha value is -1.97. The summed E-state index contributed by atoms with van der Waals surface area (Å²) in [5.74, 6) is -0.0904. The third-order valence-electron chi connectivity index (χ3n) is 4.72. The highest BCUT2D eigenvalue weighted by Crippen LogP contribution is 2.27. The molecule has 9 heteroatoms. The van der Waals surface area contributed by atoms with Crippen LogP contribution < -0.4 is 5.32 Å². The Morgan fingerprint density at radius 2 is 1.83 bits per heavy atom. The van der Waals surface area contributed by atoms with E-state index in [9.17, 15) is 14.4 Å². The van der Waals surface area contributed by atoms with E-state index in [1.165, 1.54) is 11.3 Å². The van der Waals surface area contributed by atoms with Crippen molar-refractivity contribution in [2.24, 2.45) is 0 Å². The number of aromatic nitrogens is 1. The second-order valence-corrected chi connectivity index (χ2v) is 8.49. The summed E-state index contributed by atoms with van der Waals surface area (Å²) in [4.78, 5) is 41.8. The van der Waals surface area contributed by atoms with Crippen molar-refractivity contribution >= 4 is 56.2 Å². The van der Waals surface area contributed by atoms with Crippen molar-refractivity contribution in [3.05, 3.63) is 23.8 Å². The van der Waals surface area contributed by atoms with Gasteiger partial charge in [-0.25, -0.2) is 4.98 Å². The van der Waals surface area contributed by atoms with E-state index in [0.717, 1.165) is 30.4 Å². The topological polar surface area (TPSA) is 88.6 Å². The van der Waals surface area contributed by atoms with Gasteiger partial charge in [-0.3, -0.25) is 14.4 Å². The highest BCUT2D eigenvalue weighted by molar-refractivity contribution is 7.96. The highest BCUT2D eigenvalue weighted by atomic mass is 32.1. The summed E-state index contributed by atoms with van der Waals surface area (Å²) >= 11 is 5.14. The van der Waals surface area contributed by atoms with Crippen LogP contribution in [-0.4, -0.2) is 53.1 Å². The molecular formula is C20H25N3O4S2. The number of carbonyl (C=O) groups is 3. The summed E-state index contributed by atoms with van der Waals surface area (Å²) in [7, 11) is 0. The van der Waals surface area contributed by atoms with Crippen LogP contribution in [-0.2, 0) is 14.3 Å². The molecule has 0 aliphatic carbocycles. The van der Waals surface area contributed by atoms with Gasteiger partial charge in [-0.2, -0.15) is 0 Å². The maximum Gasteiger partial charge on any atom is 0.254 e. The molecule has 2 amide bonds. The lowest BCUT2D eigenvalue weighted by atomic mass is 10.1. The molecule has 1 fully saturated rings. The number of anilines is 1. The number of rotatable bonds is 9. The van der Waals surface area contributed by atoms with E-state index in [1.807, 2.05) is 6.07 Å². The molecule has 2 aromatic rings. The van der Waals surface area contributed by atoms with Crippen LogP contribution in [0.15, 0.2) is 18.2 Å². The molecule has 1 aromatic carbocycles. The second-order valence-electron chi connectivity index (χ2n) is 6.96. The zero-order valence-electron chi connectivity index (χ0n) is 16.2. The zero-order chi connectivity index (χ0) is 20.6. The van der Waals surface area contributed by atoms with Crippen molar-refractivity contribution < 1.29 is 19.1 Å². The quantitative estimate of drug-likeness (QED) is 0.465. The average Bonchev–Trinajstić information content (AvgIpc) is 3.11. The third kappa shape index (κ3) is 6.52. The van der Waals surface area contributed by atoms with Crippen LogP contribution in [0.3, 0.4) is 0 Å². The second kappa shape index (κ2) is 10.7. The summed E-state index contributed by atoms with van der Waals surface area (Å²) in [6, 6.07) is 5.46. The molecule has 156 valence electrons. The number of carbonyl (C=O) groups excluding carboxylic acids is 3. The lowest BCUT2D eigenvalue weighted by Gasteiger charge is -2.26. The predicted molar refractivity (Wildman–Crippen MR) is 117 cm³/mol. The lowest BCUT2D eigenvalue weighted by Crippen LogP contribution is -2.40. The summed E-state index contributed by atoms with van der Waals surface area (Å²) in [6.07, 6.45) is 4.31. The van der Waals surface area contributed by atoms with Crippen molar-refractivity contribution in [3.8, 4) is 0 Å². The molecule has 0 bridgehead atoms. The van der Waals surface area contributed by atoms with Crippen molar-refractivity contribution in [3.63, 3.8) is 0 Å². The molecule has 0 spiro atoms. The van der Waals surface area contributed by atoms with Gasteiger partial charge in [0, 0.05) is 31.5 Å². The minimum Gasteiger partial charge on any atom is -0.378 e. The normalized spacial score (nSPS) is 14.2. The van der Waals surface area contributed by atoms with Crippen LogP contribution in [0.5, 0.6) is 0 Å². The molecule has 29 heavy (non-hydrogen) atoms. The Morgan fingerprint density at radius 3 is 2.55 bits per heavy atom. The summed E-state index contributed by atoms with van der Waals surface area (Å²) in [5, 5.41) is 3.30. The number of amides is 2. The number of morpholine rings is 1. The Kier molecular flexibility index (Phi) is 8.02. The molecule has 0 saturated carbocycles. The van der Waals surface area contributed by atoms with E-state index in [1.54, 1.807) is 17.0 Å². The molecule has 1 N–H and O–H groups in total. The van der Waals surface area contributed by atoms with Crippen molar-refractivity contribution in [2.75, 3.05) is 31.6 Å². The molecule has 1 aliphatic heterocycles. The Balaban J connectivity index is 1.51. The molecule has 0 atom stereocenters. The molecule has 1 saturated heterocycles. The number of thiazole rings is 1. The molecule has 2 heterocycles. The molecule has 1 aromatic heterocycles. The molecule has 3 rings (SSSR count). The zero-order valence-corrected chi connectivity index (χ0v) is 17.9. The maximum atomic E-state index is 12.6. The van der Waals surface area contributed by atoms with E-state index in [-0.39, 0.29) is 16.9 Å². The fourth-order valence-corrected chi connectivity index (χ4v) is 4.18. The summed E-state index contributed by atoms with van der Waals surface area (Å²) < 4.78 is 6.22. The number of benzene rings is 1. The standard InChI is InChI=1S/C20H25N3O4S2/c24-17(5-3-1-2-4-6-18(25)28)22-20-21-15-13-14(7-8-16(15)29-20)19(26)23-9-11-27-12-10-23/h7-8,13H,1-6,9-12H2,(H,25,28)(H,21,22,24). The monoisotopic (exact) mass is 435 g/mol. The van der Waals surface area contributed by atoms with Gasteiger partial charge in [-0.05, 0) is 31.0 Å². The van der Waals surface area contributed by atoms with Crippen molar-refractivity contribution in [1.29, 1.82) is 0 Å². The molecule has 7 nitrogen and oxygen atoms in total. The van der Waals surface area contributed by atoms with Crippen LogP contribution in [0, 0.1) is 0 Å². The maximum absolute atomic E-state index is 12.6. The van der Waals surface area contributed by atoms with E-state index in [2.05, 4.69) is 22.9 Å². The predicted octanol–water partition coefficient (Wildman–Crippen LogP) is 3.50. The van der Waals surface area contributed by atoms with Gasteiger partial charge >= 0.3 is 0 Å². The van der Waals surface area contributed by atoms with Crippen LogP contribution in [0.25, 0.3) is 10.2 Å². The Bertz CT molecular complexity index is 878. The molecular weight excluding hydrogens is 410 g/mol. The number of nitrogens with zero attached hydrogens (tertiary/aromatic N) is 2. The van der Waals surface area contributed by atoms with Gasteiger partial charge in [0.15, 0.2) is 10.2 Å². The average molecular weight is 436 g/mol. The first-order chi connectivity index (χ1) is 14.0. The van der Waals surface area contributed by atoms with Crippen LogP contribution in [0.4, 0.5) is 5.13 Å². The van der Waals surface area contributed by atoms with Gasteiger partial charge in [0.1, 0.15) is 0 Å². The summed E-state index contributed by atoms with van der Waals surface area (Å²) in [5.41, 5.74) is 1.31. The number of nitrogens with one attached hydrogen (secondary N) is 1. The minimum atomic E-state index is -0.0895. The van der Waals surface area contributed by atoms with Crippen LogP contribution >= 0.6 is 24.0 Å². The number of fused-ring (bicyclic) bond motifs is 1. The number of hydrogen-bond acceptors (Lipinski definition) is 6. The van der Waals surface area contributed by atoms with Crippen molar-refractivity contribution in [2.45, 2.75) is 38.5 Å². The number of ether oxygens (including phenoxy) is 1. The van der Waals surface area contributed by atoms with Gasteiger partial charge in [-0.15, -0.1) is 12.6 Å². The first-order valence-corrected chi connectivity index (χ1v) is 11.1. The fraction of sp³-hybridized carbons (Fsp3) is 0.500. The van der Waals surface area contributed by atoms with E-state index >= 15 is 0 Å². The number of hydrogen-bond donors (Lipinski definition) is 2. The van der Waals surface area contributed by atoms with Crippen molar-refractivity contribution in [1.82, 2.24) is 9.88 Å². The van der Waals surface area contributed by atoms with Gasteiger partial charge in [0.25, 0.3) is 5.91 Å². The lowest BCUT2D eigenvalue weighted by molar-refractivity contribution is -0.116. The minimum absolute atomic E-state index is 0.0200. The first kappa shape index (κ1) is 21.7. The van der Waals surface area contributed by atoms with Gasteiger partial charge in [0.05, 0.1) is 23.4 Å². The first-order valence-electron chi connectivity index (χ1n) is 9.82. The Labute approximate surface area is 179 Å². The number of unbranched alkanes of at least 4 members (excludes halogenated alkanes) is 3. The van der Waals surface area contributed by atoms with E-state index < -0.39 is 0 Å². The van der Waals surface area contributed by atoms with E-state index in [4.69, 9.17) is 4.74 Å².